The maximum Gasteiger partial charge on any atom is 0.106 e. The fourth-order valence-corrected chi connectivity index (χ4v) is 2.69. The van der Waals surface area contributed by atoms with Crippen LogP contribution in [0.3, 0.4) is 0 Å². The summed E-state index contributed by atoms with van der Waals surface area (Å²) in [6, 6.07) is 5.61. The monoisotopic (exact) mass is 284 g/mol. The minimum absolute atomic E-state index is 0.187. The number of rotatable bonds is 2. The van der Waals surface area contributed by atoms with E-state index >= 15 is 0 Å². The van der Waals surface area contributed by atoms with Gasteiger partial charge in [0.1, 0.15) is 4.99 Å². The van der Waals surface area contributed by atoms with Crippen LogP contribution in [-0.4, -0.2) is 30.3 Å². The Kier molecular flexibility index (Phi) is 4.10. The fourth-order valence-electron chi connectivity index (χ4n) is 2.35. The van der Waals surface area contributed by atoms with E-state index in [2.05, 4.69) is 18.7 Å². The van der Waals surface area contributed by atoms with Gasteiger partial charge in [-0.3, -0.25) is 0 Å². The Bertz CT molecular complexity index is 456. The molecule has 1 heterocycles. The summed E-state index contributed by atoms with van der Waals surface area (Å²) in [6.45, 7) is 5.77. The summed E-state index contributed by atoms with van der Waals surface area (Å²) in [7, 11) is 0. The lowest BCUT2D eigenvalue weighted by Gasteiger charge is -2.37. The lowest BCUT2D eigenvalue weighted by molar-refractivity contribution is -0.00522. The van der Waals surface area contributed by atoms with Crippen molar-refractivity contribution in [2.45, 2.75) is 26.1 Å². The first-order valence-corrected chi connectivity index (χ1v) is 6.75. The van der Waals surface area contributed by atoms with Gasteiger partial charge in [0.05, 0.1) is 12.2 Å². The van der Waals surface area contributed by atoms with E-state index in [1.165, 1.54) is 0 Å². The predicted octanol–water partition coefficient (Wildman–Crippen LogP) is 2.59. The van der Waals surface area contributed by atoms with E-state index in [1.807, 2.05) is 18.2 Å². The molecule has 2 N–H and O–H groups in total. The second kappa shape index (κ2) is 5.43. The van der Waals surface area contributed by atoms with E-state index < -0.39 is 0 Å². The highest BCUT2D eigenvalue weighted by molar-refractivity contribution is 7.80. The Hall–Kier alpha value is -0.840. The normalized spacial score (nSPS) is 24.1. The van der Waals surface area contributed by atoms with Crippen molar-refractivity contribution in [1.82, 2.24) is 0 Å². The molecule has 2 rings (SSSR count). The molecule has 0 aromatic heterocycles. The van der Waals surface area contributed by atoms with Gasteiger partial charge in [0, 0.05) is 29.4 Å². The van der Waals surface area contributed by atoms with Crippen LogP contribution in [0.5, 0.6) is 0 Å². The van der Waals surface area contributed by atoms with Crippen LogP contribution >= 0.6 is 23.8 Å². The fraction of sp³-hybridized carbons (Fsp3) is 0.462. The third-order valence-electron chi connectivity index (χ3n) is 2.99. The summed E-state index contributed by atoms with van der Waals surface area (Å²) in [5.74, 6) is 0. The number of anilines is 1. The highest BCUT2D eigenvalue weighted by Gasteiger charge is 2.24. The number of halogens is 1. The van der Waals surface area contributed by atoms with E-state index in [4.69, 9.17) is 34.3 Å². The van der Waals surface area contributed by atoms with Crippen molar-refractivity contribution in [3.8, 4) is 0 Å². The molecule has 0 amide bonds. The molecule has 0 aliphatic carbocycles. The van der Waals surface area contributed by atoms with Gasteiger partial charge < -0.3 is 15.4 Å². The van der Waals surface area contributed by atoms with E-state index in [0.29, 0.717) is 10.0 Å². The number of thiocarbonyl (C=S) groups is 1. The van der Waals surface area contributed by atoms with Gasteiger partial charge in [-0.2, -0.15) is 0 Å². The lowest BCUT2D eigenvalue weighted by Crippen LogP contribution is -2.46. The molecule has 0 radical (unpaired) electrons. The van der Waals surface area contributed by atoms with Gasteiger partial charge in [0.25, 0.3) is 0 Å². The van der Waals surface area contributed by atoms with Crippen LogP contribution in [0, 0.1) is 0 Å². The van der Waals surface area contributed by atoms with Crippen LogP contribution in [0.15, 0.2) is 18.2 Å². The van der Waals surface area contributed by atoms with Gasteiger partial charge >= 0.3 is 0 Å². The van der Waals surface area contributed by atoms with E-state index in [1.54, 1.807) is 0 Å². The molecular formula is C13H17ClN2OS. The highest BCUT2D eigenvalue weighted by atomic mass is 35.5. The molecule has 1 aliphatic heterocycles. The summed E-state index contributed by atoms with van der Waals surface area (Å²) in [4.78, 5) is 2.63. The van der Waals surface area contributed by atoms with Gasteiger partial charge in [-0.1, -0.05) is 23.8 Å². The van der Waals surface area contributed by atoms with Crippen molar-refractivity contribution >= 4 is 34.5 Å². The van der Waals surface area contributed by atoms with Crippen LogP contribution in [0.4, 0.5) is 5.69 Å². The molecule has 1 aromatic carbocycles. The second-order valence-corrected chi connectivity index (χ2v) is 5.56. The van der Waals surface area contributed by atoms with Crippen LogP contribution in [0.25, 0.3) is 0 Å². The van der Waals surface area contributed by atoms with Crippen molar-refractivity contribution in [2.24, 2.45) is 5.73 Å². The maximum absolute atomic E-state index is 6.07. The molecule has 98 valence electrons. The largest absolute Gasteiger partial charge is 0.389 e. The van der Waals surface area contributed by atoms with Crippen LogP contribution in [0.1, 0.15) is 19.4 Å². The zero-order valence-corrected chi connectivity index (χ0v) is 12.1. The van der Waals surface area contributed by atoms with Crippen LogP contribution in [0.2, 0.25) is 5.02 Å². The van der Waals surface area contributed by atoms with Gasteiger partial charge in [-0.15, -0.1) is 0 Å². The number of hydrogen-bond acceptors (Lipinski definition) is 3. The minimum atomic E-state index is 0.187. The zero-order valence-electron chi connectivity index (χ0n) is 10.5. The first-order chi connectivity index (χ1) is 8.47. The molecular weight excluding hydrogens is 268 g/mol. The summed E-state index contributed by atoms with van der Waals surface area (Å²) in [5, 5.41) is 0.691. The molecule has 2 unspecified atom stereocenters. The standard InChI is InChI=1S/C13H17ClN2OS/c1-8-6-16(7-9(2)17-8)12-5-10(14)3-4-11(12)13(15)18/h3-5,8-9H,6-7H2,1-2H3,(H2,15,18). The van der Waals surface area contributed by atoms with Crippen LogP contribution in [-0.2, 0) is 4.74 Å². The lowest BCUT2D eigenvalue weighted by atomic mass is 10.1. The summed E-state index contributed by atoms with van der Waals surface area (Å²) in [6.07, 6.45) is 0.374. The number of nitrogens with zero attached hydrogens (tertiary/aromatic N) is 1. The van der Waals surface area contributed by atoms with Gasteiger partial charge in [0.2, 0.25) is 0 Å². The van der Waals surface area contributed by atoms with Gasteiger partial charge in [-0.05, 0) is 32.0 Å². The third kappa shape index (κ3) is 2.94. The first-order valence-electron chi connectivity index (χ1n) is 5.97. The quantitative estimate of drug-likeness (QED) is 0.847. The molecule has 1 saturated heterocycles. The van der Waals surface area contributed by atoms with Crippen molar-refractivity contribution in [3.05, 3.63) is 28.8 Å². The Morgan fingerprint density at radius 1 is 1.39 bits per heavy atom. The van der Waals surface area contributed by atoms with Crippen molar-refractivity contribution in [2.75, 3.05) is 18.0 Å². The average Bonchev–Trinajstić information content (AvgIpc) is 2.27. The molecule has 18 heavy (non-hydrogen) atoms. The van der Waals surface area contributed by atoms with E-state index in [9.17, 15) is 0 Å². The highest BCUT2D eigenvalue weighted by Crippen LogP contribution is 2.27. The third-order valence-corrected chi connectivity index (χ3v) is 3.44. The first kappa shape index (κ1) is 13.6. The molecule has 2 atom stereocenters. The Labute approximate surface area is 118 Å². The summed E-state index contributed by atoms with van der Waals surface area (Å²) < 4.78 is 5.73. The smallest absolute Gasteiger partial charge is 0.106 e. The van der Waals surface area contributed by atoms with Crippen molar-refractivity contribution < 1.29 is 4.74 Å². The minimum Gasteiger partial charge on any atom is -0.389 e. The summed E-state index contributed by atoms with van der Waals surface area (Å²) in [5.41, 5.74) is 7.64. The van der Waals surface area contributed by atoms with Crippen molar-refractivity contribution in [3.63, 3.8) is 0 Å². The maximum atomic E-state index is 6.07. The predicted molar refractivity (Wildman–Crippen MR) is 79.6 cm³/mol. The Balaban J connectivity index is 2.36. The number of morpholine rings is 1. The van der Waals surface area contributed by atoms with Gasteiger partial charge in [-0.25, -0.2) is 0 Å². The number of hydrogen-bond donors (Lipinski definition) is 1. The van der Waals surface area contributed by atoms with E-state index in [-0.39, 0.29) is 12.2 Å². The molecule has 1 fully saturated rings. The number of nitrogens with two attached hydrogens (primary N) is 1. The summed E-state index contributed by atoms with van der Waals surface area (Å²) >= 11 is 11.2. The van der Waals surface area contributed by atoms with Gasteiger partial charge in [0.15, 0.2) is 0 Å². The second-order valence-electron chi connectivity index (χ2n) is 4.69. The number of benzene rings is 1. The zero-order chi connectivity index (χ0) is 13.3. The van der Waals surface area contributed by atoms with Crippen molar-refractivity contribution in [1.29, 1.82) is 0 Å². The Morgan fingerprint density at radius 2 is 2.00 bits per heavy atom. The molecule has 0 bridgehead atoms. The Morgan fingerprint density at radius 3 is 2.56 bits per heavy atom. The topological polar surface area (TPSA) is 38.5 Å². The molecule has 1 aromatic rings. The molecule has 0 saturated carbocycles. The van der Waals surface area contributed by atoms with E-state index in [0.717, 1.165) is 24.3 Å². The number of ether oxygens (including phenoxy) is 1. The average molecular weight is 285 g/mol. The SMILES string of the molecule is CC1CN(c2cc(Cl)ccc2C(N)=S)CC(C)O1. The molecule has 1 aliphatic rings. The molecule has 0 spiro atoms. The molecule has 3 nitrogen and oxygen atoms in total. The van der Waals surface area contributed by atoms with Crippen LogP contribution < -0.4 is 10.6 Å². The molecule has 5 heteroatoms.